The van der Waals surface area contributed by atoms with E-state index in [4.69, 9.17) is 0 Å². The van der Waals surface area contributed by atoms with E-state index in [0.717, 1.165) is 18.4 Å². The Labute approximate surface area is 98.0 Å². The van der Waals surface area contributed by atoms with Crippen LogP contribution in [0.2, 0.25) is 0 Å². The maximum absolute atomic E-state index is 13.0. The van der Waals surface area contributed by atoms with Gasteiger partial charge < -0.3 is 0 Å². The maximum atomic E-state index is 13.0. The van der Waals surface area contributed by atoms with Crippen LogP contribution in [0.25, 0.3) is 0 Å². The van der Waals surface area contributed by atoms with Crippen molar-refractivity contribution in [3.8, 4) is 0 Å². The lowest BCUT2D eigenvalue weighted by molar-refractivity contribution is -0.137. The highest BCUT2D eigenvalue weighted by atomic mass is 32.2. The second-order valence-electron chi connectivity index (χ2n) is 3.13. The molecule has 0 aromatic heterocycles. The fourth-order valence-electron chi connectivity index (χ4n) is 1.07. The minimum absolute atomic E-state index is 0.0347. The van der Waals surface area contributed by atoms with Gasteiger partial charge in [-0.1, -0.05) is 23.9 Å². The Bertz CT molecular complexity index is 410. The Morgan fingerprint density at radius 1 is 1.06 bits per heavy atom. The van der Waals surface area contributed by atoms with Gasteiger partial charge in [0, 0.05) is 5.56 Å². The van der Waals surface area contributed by atoms with E-state index < -0.39 is 28.3 Å². The fourth-order valence-corrected chi connectivity index (χ4v) is 1.37. The van der Waals surface area contributed by atoms with Crippen molar-refractivity contribution >= 4 is 17.5 Å². The van der Waals surface area contributed by atoms with Crippen molar-refractivity contribution in [2.45, 2.75) is 11.4 Å². The molecular formula is C10H7F5OS. The standard InChI is InChI=1S/C10H7F5OS/c1-17-10(14,15)8(16)6-2-4-7(5-3-6)9(11,12)13/h2-5H,1H3. The minimum atomic E-state index is -4.55. The number of benzene rings is 1. The first-order chi connectivity index (χ1) is 7.68. The summed E-state index contributed by atoms with van der Waals surface area (Å²) in [5, 5.41) is -3.63. The first-order valence-corrected chi connectivity index (χ1v) is 5.56. The van der Waals surface area contributed by atoms with E-state index in [1.165, 1.54) is 0 Å². The number of hydrogen-bond donors (Lipinski definition) is 0. The highest BCUT2D eigenvalue weighted by Gasteiger charge is 2.38. The molecule has 94 valence electrons. The van der Waals surface area contributed by atoms with Crippen molar-refractivity contribution in [3.63, 3.8) is 0 Å². The van der Waals surface area contributed by atoms with Crippen molar-refractivity contribution in [2.75, 3.05) is 6.26 Å². The molecular weight excluding hydrogens is 263 g/mol. The van der Waals surface area contributed by atoms with Gasteiger partial charge in [-0.2, -0.15) is 22.0 Å². The molecule has 0 spiro atoms. The molecule has 0 aliphatic carbocycles. The van der Waals surface area contributed by atoms with Gasteiger partial charge >= 0.3 is 11.4 Å². The summed E-state index contributed by atoms with van der Waals surface area (Å²) >= 11 is 0.0347. The molecule has 0 radical (unpaired) electrons. The van der Waals surface area contributed by atoms with Gasteiger partial charge in [-0.3, -0.25) is 4.79 Å². The molecule has 1 nitrogen and oxygen atoms in total. The number of carbonyl (C=O) groups excluding carboxylic acids is 1. The van der Waals surface area contributed by atoms with Crippen molar-refractivity contribution in [3.05, 3.63) is 35.4 Å². The lowest BCUT2D eigenvalue weighted by atomic mass is 10.1. The van der Waals surface area contributed by atoms with Crippen LogP contribution in [-0.4, -0.2) is 17.3 Å². The molecule has 0 saturated carbocycles. The van der Waals surface area contributed by atoms with E-state index in [1.54, 1.807) is 0 Å². The molecule has 0 amide bonds. The molecule has 0 saturated heterocycles. The molecule has 1 rings (SSSR count). The molecule has 0 N–H and O–H groups in total. The monoisotopic (exact) mass is 270 g/mol. The third-order valence-electron chi connectivity index (χ3n) is 2.00. The van der Waals surface area contributed by atoms with Crippen LogP contribution >= 0.6 is 11.8 Å². The quantitative estimate of drug-likeness (QED) is 0.613. The fraction of sp³-hybridized carbons (Fsp3) is 0.300. The van der Waals surface area contributed by atoms with Crippen molar-refractivity contribution in [2.24, 2.45) is 0 Å². The molecule has 1 aromatic carbocycles. The normalized spacial score (nSPS) is 12.6. The van der Waals surface area contributed by atoms with Crippen LogP contribution in [0.3, 0.4) is 0 Å². The van der Waals surface area contributed by atoms with E-state index in [1.807, 2.05) is 0 Å². The molecule has 0 aliphatic rings. The summed E-state index contributed by atoms with van der Waals surface area (Å²) in [6.07, 6.45) is -3.51. The minimum Gasteiger partial charge on any atom is -0.286 e. The van der Waals surface area contributed by atoms with Crippen LogP contribution in [0.15, 0.2) is 24.3 Å². The summed E-state index contributed by atoms with van der Waals surface area (Å²) in [7, 11) is 0. The van der Waals surface area contributed by atoms with Gasteiger partial charge in [-0.15, -0.1) is 0 Å². The van der Waals surface area contributed by atoms with Crippen LogP contribution < -0.4 is 0 Å². The Kier molecular flexibility index (Phi) is 3.81. The van der Waals surface area contributed by atoms with Crippen molar-refractivity contribution in [1.29, 1.82) is 0 Å². The summed E-state index contributed by atoms with van der Waals surface area (Å²) in [6, 6.07) is 2.69. The third kappa shape index (κ3) is 3.18. The zero-order chi connectivity index (χ0) is 13.3. The van der Waals surface area contributed by atoms with Gasteiger partial charge in [-0.05, 0) is 18.4 Å². The van der Waals surface area contributed by atoms with Crippen LogP contribution in [-0.2, 0) is 6.18 Å². The number of ketones is 1. The Hall–Kier alpha value is -1.11. The van der Waals surface area contributed by atoms with Gasteiger partial charge in [-0.25, -0.2) is 0 Å². The van der Waals surface area contributed by atoms with E-state index in [0.29, 0.717) is 12.1 Å². The highest BCUT2D eigenvalue weighted by Crippen LogP contribution is 2.32. The first-order valence-electron chi connectivity index (χ1n) is 4.33. The maximum Gasteiger partial charge on any atom is 0.416 e. The Balaban J connectivity index is 3.00. The largest absolute Gasteiger partial charge is 0.416 e. The van der Waals surface area contributed by atoms with E-state index in [2.05, 4.69) is 0 Å². The Morgan fingerprint density at radius 2 is 1.53 bits per heavy atom. The molecule has 0 bridgehead atoms. The number of alkyl halides is 5. The van der Waals surface area contributed by atoms with E-state index in [-0.39, 0.29) is 11.8 Å². The third-order valence-corrected chi connectivity index (χ3v) is 2.69. The van der Waals surface area contributed by atoms with Crippen LogP contribution in [0.5, 0.6) is 0 Å². The highest BCUT2D eigenvalue weighted by molar-refractivity contribution is 8.00. The zero-order valence-electron chi connectivity index (χ0n) is 8.52. The lowest BCUT2D eigenvalue weighted by Gasteiger charge is -2.12. The topological polar surface area (TPSA) is 17.1 Å². The van der Waals surface area contributed by atoms with Gasteiger partial charge in [0.2, 0.25) is 5.78 Å². The molecule has 1 aromatic rings. The Morgan fingerprint density at radius 3 is 1.88 bits per heavy atom. The summed E-state index contributed by atoms with van der Waals surface area (Å²) in [5.41, 5.74) is -1.43. The number of thioether (sulfide) groups is 1. The summed E-state index contributed by atoms with van der Waals surface area (Å²) in [5.74, 6) is -1.50. The molecule has 17 heavy (non-hydrogen) atoms. The summed E-state index contributed by atoms with van der Waals surface area (Å²) in [6.45, 7) is 0. The molecule has 0 unspecified atom stereocenters. The lowest BCUT2D eigenvalue weighted by Crippen LogP contribution is -2.24. The van der Waals surface area contributed by atoms with Gasteiger partial charge in [0.1, 0.15) is 0 Å². The van der Waals surface area contributed by atoms with E-state index >= 15 is 0 Å². The number of hydrogen-bond acceptors (Lipinski definition) is 2. The average molecular weight is 270 g/mol. The zero-order valence-corrected chi connectivity index (χ0v) is 9.33. The number of carbonyl (C=O) groups is 1. The van der Waals surface area contributed by atoms with Crippen LogP contribution in [0.1, 0.15) is 15.9 Å². The second kappa shape index (κ2) is 4.64. The van der Waals surface area contributed by atoms with Gasteiger partial charge in [0.25, 0.3) is 0 Å². The van der Waals surface area contributed by atoms with Crippen LogP contribution in [0, 0.1) is 0 Å². The molecule has 7 heteroatoms. The predicted molar refractivity (Wildman–Crippen MR) is 54.2 cm³/mol. The number of rotatable bonds is 3. The predicted octanol–water partition coefficient (Wildman–Crippen LogP) is 3.84. The van der Waals surface area contributed by atoms with Crippen LogP contribution in [0.4, 0.5) is 22.0 Å². The average Bonchev–Trinajstić information content (AvgIpc) is 2.27. The number of Topliss-reactive ketones (excluding diaryl/α,β-unsaturated/α-hetero) is 1. The molecule has 0 atom stereocenters. The van der Waals surface area contributed by atoms with Crippen molar-refractivity contribution < 1.29 is 26.7 Å². The van der Waals surface area contributed by atoms with Crippen molar-refractivity contribution in [1.82, 2.24) is 0 Å². The van der Waals surface area contributed by atoms with Gasteiger partial charge in [0.15, 0.2) is 0 Å². The first kappa shape index (κ1) is 14.0. The van der Waals surface area contributed by atoms with Gasteiger partial charge in [0.05, 0.1) is 5.56 Å². The smallest absolute Gasteiger partial charge is 0.286 e. The van der Waals surface area contributed by atoms with E-state index in [9.17, 15) is 26.7 Å². The molecule has 0 aliphatic heterocycles. The second-order valence-corrected chi connectivity index (χ2v) is 4.05. The summed E-state index contributed by atoms with van der Waals surface area (Å²) < 4.78 is 62.5. The number of halogens is 5. The molecule has 0 fully saturated rings. The summed E-state index contributed by atoms with van der Waals surface area (Å²) in [4.78, 5) is 11.2. The SMILES string of the molecule is CSC(F)(F)C(=O)c1ccc(C(F)(F)F)cc1. The molecule has 0 heterocycles.